The van der Waals surface area contributed by atoms with Crippen LogP contribution >= 0.6 is 12.6 Å². The first-order chi connectivity index (χ1) is 11.7. The third-order valence-electron chi connectivity index (χ3n) is 3.19. The molecule has 0 aliphatic rings. The van der Waals surface area contributed by atoms with Gasteiger partial charge < -0.3 is 29.5 Å². The summed E-state index contributed by atoms with van der Waals surface area (Å²) < 4.78 is 14.6. The smallest absolute Gasteiger partial charge is 0.333 e. The molecule has 1 unspecified atom stereocenters. The van der Waals surface area contributed by atoms with E-state index in [-0.39, 0.29) is 0 Å². The normalized spacial score (nSPS) is 13.3. The van der Waals surface area contributed by atoms with E-state index < -0.39 is 54.4 Å². The third-order valence-corrected chi connectivity index (χ3v) is 3.97. The molecule has 1 atom stereocenters. The summed E-state index contributed by atoms with van der Waals surface area (Å²) in [5.74, 6) is -3.32. The van der Waals surface area contributed by atoms with Gasteiger partial charge in [-0.1, -0.05) is 19.7 Å². The van der Waals surface area contributed by atoms with Gasteiger partial charge in [-0.25, -0.2) is 14.4 Å². The lowest BCUT2D eigenvalue weighted by Crippen LogP contribution is -2.62. The fourth-order valence-corrected chi connectivity index (χ4v) is 1.99. The Kier molecular flexibility index (Phi) is 9.13. The highest BCUT2D eigenvalue weighted by atomic mass is 32.1. The molecule has 0 aliphatic carbocycles. The fraction of sp³-hybridized carbons (Fsp3) is 0.400. The van der Waals surface area contributed by atoms with Gasteiger partial charge in [-0.15, -0.1) is 12.6 Å². The quantitative estimate of drug-likeness (QED) is 0.156. The van der Waals surface area contributed by atoms with E-state index in [1.165, 1.54) is 0 Å². The van der Waals surface area contributed by atoms with Gasteiger partial charge in [0.25, 0.3) is 6.29 Å². The summed E-state index contributed by atoms with van der Waals surface area (Å²) in [6, 6.07) is 0. The minimum absolute atomic E-state index is 0.712. The summed E-state index contributed by atoms with van der Waals surface area (Å²) in [5.41, 5.74) is -2.08. The van der Waals surface area contributed by atoms with Gasteiger partial charge in [0.05, 0.1) is 25.2 Å². The molecule has 25 heavy (non-hydrogen) atoms. The van der Waals surface area contributed by atoms with Crippen LogP contribution in [0, 0.1) is 5.41 Å². The summed E-state index contributed by atoms with van der Waals surface area (Å²) in [5, 5.41) is 28.9. The Morgan fingerprint density at radius 3 is 1.52 bits per heavy atom. The molecule has 0 aromatic rings. The number of esters is 3. The molecule has 0 fully saturated rings. The molecule has 0 amide bonds. The molecule has 0 saturated heterocycles. The average molecular weight is 376 g/mol. The summed E-state index contributed by atoms with van der Waals surface area (Å²) in [6.07, 6.45) is 0.0686. The van der Waals surface area contributed by atoms with Crippen molar-refractivity contribution >= 4 is 30.5 Å². The number of aliphatic hydroxyl groups excluding tert-OH is 3. The van der Waals surface area contributed by atoms with Gasteiger partial charge in [0, 0.05) is 18.2 Å². The van der Waals surface area contributed by atoms with E-state index in [0.29, 0.717) is 6.08 Å². The van der Waals surface area contributed by atoms with Crippen molar-refractivity contribution in [3.8, 4) is 0 Å². The van der Waals surface area contributed by atoms with Crippen LogP contribution in [0.2, 0.25) is 0 Å². The van der Waals surface area contributed by atoms with Gasteiger partial charge in [-0.3, -0.25) is 0 Å². The van der Waals surface area contributed by atoms with E-state index in [4.69, 9.17) is 14.2 Å². The molecule has 0 spiro atoms. The first-order valence-corrected chi connectivity index (χ1v) is 7.21. The molecule has 0 saturated carbocycles. The maximum Gasteiger partial charge on any atom is 0.333 e. The number of rotatable bonds is 11. The van der Waals surface area contributed by atoms with E-state index in [2.05, 4.69) is 32.4 Å². The van der Waals surface area contributed by atoms with Crippen molar-refractivity contribution in [3.63, 3.8) is 0 Å². The van der Waals surface area contributed by atoms with Gasteiger partial charge in [0.1, 0.15) is 0 Å². The third kappa shape index (κ3) is 5.16. The van der Waals surface area contributed by atoms with E-state index in [0.717, 1.165) is 12.2 Å². The zero-order valence-electron chi connectivity index (χ0n) is 13.3. The molecule has 0 bridgehead atoms. The minimum atomic E-state index is -2.49. The van der Waals surface area contributed by atoms with Crippen LogP contribution in [0.1, 0.15) is 0 Å². The summed E-state index contributed by atoms with van der Waals surface area (Å²) in [6.45, 7) is 6.55. The van der Waals surface area contributed by atoms with E-state index in [9.17, 15) is 29.7 Å². The molecule has 0 rings (SSSR count). The lowest BCUT2D eigenvalue weighted by atomic mass is 9.82. The van der Waals surface area contributed by atoms with E-state index >= 15 is 0 Å². The number of hydrogen-bond donors (Lipinski definition) is 4. The first kappa shape index (κ1) is 22.9. The topological polar surface area (TPSA) is 140 Å². The molecular formula is C15H20O9S. The maximum atomic E-state index is 11.7. The van der Waals surface area contributed by atoms with E-state index in [1.807, 2.05) is 0 Å². The predicted octanol–water partition coefficient (Wildman–Crippen LogP) is -0.911. The van der Waals surface area contributed by atoms with Crippen molar-refractivity contribution in [2.24, 2.45) is 5.41 Å². The van der Waals surface area contributed by atoms with Crippen LogP contribution in [0.15, 0.2) is 38.0 Å². The lowest BCUT2D eigenvalue weighted by Gasteiger charge is -2.45. The van der Waals surface area contributed by atoms with Crippen molar-refractivity contribution in [3.05, 3.63) is 38.0 Å². The standard InChI is InChI=1S/C15H20O9S/c1-4-10(19)22-13(23-11(20)5-2)15(25,24-12(21)6-3)14(7-16,8-17)9-18/h4-6,13,16-18,25H,1-3,7-9H2. The second-order valence-corrected chi connectivity index (χ2v) is 5.35. The Balaban J connectivity index is 6.29. The molecule has 10 heteroatoms. The molecule has 0 radical (unpaired) electrons. The molecule has 3 N–H and O–H groups in total. The highest BCUT2D eigenvalue weighted by Gasteiger charge is 2.60. The van der Waals surface area contributed by atoms with Crippen molar-refractivity contribution in [2.75, 3.05) is 19.8 Å². The maximum absolute atomic E-state index is 11.7. The number of ether oxygens (including phenoxy) is 3. The lowest BCUT2D eigenvalue weighted by molar-refractivity contribution is -0.247. The van der Waals surface area contributed by atoms with E-state index in [1.54, 1.807) is 0 Å². The highest BCUT2D eigenvalue weighted by Crippen LogP contribution is 2.42. The van der Waals surface area contributed by atoms with Crippen LogP contribution in [0.4, 0.5) is 0 Å². The molecule has 0 aliphatic heterocycles. The molecule has 0 aromatic carbocycles. The number of hydrogen-bond acceptors (Lipinski definition) is 10. The minimum Gasteiger partial charge on any atom is -0.436 e. The van der Waals surface area contributed by atoms with Crippen LogP contribution in [0.5, 0.6) is 0 Å². The number of carbonyl (C=O) groups is 3. The second kappa shape index (κ2) is 9.99. The zero-order valence-corrected chi connectivity index (χ0v) is 14.2. The second-order valence-electron chi connectivity index (χ2n) is 4.69. The Morgan fingerprint density at radius 1 is 0.880 bits per heavy atom. The summed E-state index contributed by atoms with van der Waals surface area (Å²) in [7, 11) is 0. The average Bonchev–Trinajstić information content (AvgIpc) is 2.62. The monoisotopic (exact) mass is 376 g/mol. The predicted molar refractivity (Wildman–Crippen MR) is 88.1 cm³/mol. The van der Waals surface area contributed by atoms with Gasteiger partial charge in [-0.2, -0.15) is 0 Å². The first-order valence-electron chi connectivity index (χ1n) is 6.76. The molecule has 9 nitrogen and oxygen atoms in total. The molecule has 140 valence electrons. The van der Waals surface area contributed by atoms with Gasteiger partial charge in [-0.05, 0) is 0 Å². The van der Waals surface area contributed by atoms with Crippen molar-refractivity contribution in [1.82, 2.24) is 0 Å². The number of aliphatic hydroxyl groups is 3. The number of carbonyl (C=O) groups excluding carboxylic acids is 3. The van der Waals surface area contributed by atoms with Crippen LogP contribution in [-0.4, -0.2) is 64.3 Å². The molecular weight excluding hydrogens is 356 g/mol. The van der Waals surface area contributed by atoms with Crippen molar-refractivity contribution in [2.45, 2.75) is 11.2 Å². The number of thiol groups is 1. The SMILES string of the molecule is C=CC(=O)OC(OC(=O)C=C)C(S)(OC(=O)C=C)C(CO)(CO)CO. The van der Waals surface area contributed by atoms with Gasteiger partial charge in [0.2, 0.25) is 4.93 Å². The zero-order chi connectivity index (χ0) is 19.7. The largest absolute Gasteiger partial charge is 0.436 e. The Labute approximate surface area is 149 Å². The highest BCUT2D eigenvalue weighted by molar-refractivity contribution is 7.81. The van der Waals surface area contributed by atoms with Crippen LogP contribution in [0.3, 0.4) is 0 Å². The Morgan fingerprint density at radius 2 is 1.24 bits per heavy atom. The summed E-state index contributed by atoms with van der Waals surface area (Å²) >= 11 is 4.06. The van der Waals surface area contributed by atoms with Crippen LogP contribution in [0.25, 0.3) is 0 Å². The molecule has 0 aromatic heterocycles. The summed E-state index contributed by atoms with van der Waals surface area (Å²) in [4.78, 5) is 32.3. The Bertz CT molecular complexity index is 511. The Hall–Kier alpha value is -2.14. The molecule has 0 heterocycles. The van der Waals surface area contributed by atoms with Crippen molar-refractivity contribution in [1.29, 1.82) is 0 Å². The van der Waals surface area contributed by atoms with Gasteiger partial charge >= 0.3 is 17.9 Å². The van der Waals surface area contributed by atoms with Crippen molar-refractivity contribution < 1.29 is 43.9 Å². The van der Waals surface area contributed by atoms with Crippen LogP contribution < -0.4 is 0 Å². The van der Waals surface area contributed by atoms with Gasteiger partial charge in [0.15, 0.2) is 0 Å². The van der Waals surface area contributed by atoms with Crippen LogP contribution in [-0.2, 0) is 28.6 Å². The fourth-order valence-electron chi connectivity index (χ4n) is 1.58.